The first-order valence-electron chi connectivity index (χ1n) is 5.89. The van der Waals surface area contributed by atoms with Gasteiger partial charge in [0.05, 0.1) is 11.9 Å². The lowest BCUT2D eigenvalue weighted by Gasteiger charge is -2.02. The van der Waals surface area contributed by atoms with Gasteiger partial charge in [0.25, 0.3) is 0 Å². The zero-order valence-electron chi connectivity index (χ0n) is 10.4. The number of hydrogen-bond donors (Lipinski definition) is 0. The SMILES string of the molecule is CCc1nn2cc(-c3cc(F)c(C)cc3F)nc2s1. The van der Waals surface area contributed by atoms with Gasteiger partial charge in [0.1, 0.15) is 16.6 Å². The van der Waals surface area contributed by atoms with E-state index < -0.39 is 11.6 Å². The number of imidazole rings is 1. The molecule has 3 nitrogen and oxygen atoms in total. The number of aromatic nitrogens is 3. The fourth-order valence-corrected chi connectivity index (χ4v) is 2.67. The van der Waals surface area contributed by atoms with Crippen LogP contribution in [0, 0.1) is 18.6 Å². The summed E-state index contributed by atoms with van der Waals surface area (Å²) in [6, 6.07) is 2.36. The highest BCUT2D eigenvalue weighted by Crippen LogP contribution is 2.26. The Balaban J connectivity index is 2.13. The van der Waals surface area contributed by atoms with Crippen LogP contribution in [-0.2, 0) is 6.42 Å². The monoisotopic (exact) mass is 279 g/mol. The summed E-state index contributed by atoms with van der Waals surface area (Å²) in [6.07, 6.45) is 2.45. The quantitative estimate of drug-likeness (QED) is 0.717. The molecule has 0 aliphatic carbocycles. The van der Waals surface area contributed by atoms with Crippen molar-refractivity contribution in [3.05, 3.63) is 40.5 Å². The van der Waals surface area contributed by atoms with E-state index in [1.54, 1.807) is 10.7 Å². The first-order chi connectivity index (χ1) is 9.08. The van der Waals surface area contributed by atoms with Crippen molar-refractivity contribution in [2.45, 2.75) is 20.3 Å². The van der Waals surface area contributed by atoms with Gasteiger partial charge < -0.3 is 0 Å². The van der Waals surface area contributed by atoms with Gasteiger partial charge in [-0.05, 0) is 31.0 Å². The Morgan fingerprint density at radius 1 is 1.26 bits per heavy atom. The summed E-state index contributed by atoms with van der Waals surface area (Å²) in [5.74, 6) is -0.907. The first kappa shape index (κ1) is 12.2. The zero-order valence-corrected chi connectivity index (χ0v) is 11.3. The van der Waals surface area contributed by atoms with E-state index in [2.05, 4.69) is 10.1 Å². The van der Waals surface area contributed by atoms with Crippen molar-refractivity contribution in [1.29, 1.82) is 0 Å². The Hall–Kier alpha value is -1.82. The van der Waals surface area contributed by atoms with Crippen LogP contribution in [0.25, 0.3) is 16.2 Å². The van der Waals surface area contributed by atoms with E-state index in [0.717, 1.165) is 11.4 Å². The average Bonchev–Trinajstić information content (AvgIpc) is 2.91. The third-order valence-corrected chi connectivity index (χ3v) is 3.98. The number of halogens is 2. The molecule has 3 rings (SSSR count). The van der Waals surface area contributed by atoms with E-state index in [9.17, 15) is 8.78 Å². The molecule has 1 aromatic carbocycles. The van der Waals surface area contributed by atoms with Crippen molar-refractivity contribution >= 4 is 16.3 Å². The topological polar surface area (TPSA) is 30.2 Å². The molecular weight excluding hydrogens is 268 g/mol. The van der Waals surface area contributed by atoms with Gasteiger partial charge in [-0.1, -0.05) is 18.3 Å². The second-order valence-corrected chi connectivity index (χ2v) is 5.32. The van der Waals surface area contributed by atoms with E-state index in [1.165, 1.54) is 30.4 Å². The van der Waals surface area contributed by atoms with Gasteiger partial charge in [-0.25, -0.2) is 18.3 Å². The van der Waals surface area contributed by atoms with E-state index in [1.807, 2.05) is 6.92 Å². The average molecular weight is 279 g/mol. The van der Waals surface area contributed by atoms with Crippen LogP contribution in [0.4, 0.5) is 8.78 Å². The van der Waals surface area contributed by atoms with Gasteiger partial charge in [0, 0.05) is 5.56 Å². The van der Waals surface area contributed by atoms with Crippen molar-refractivity contribution in [2.75, 3.05) is 0 Å². The fraction of sp³-hybridized carbons (Fsp3) is 0.231. The lowest BCUT2D eigenvalue weighted by molar-refractivity contribution is 0.595. The summed E-state index contributed by atoms with van der Waals surface area (Å²) in [4.78, 5) is 4.98. The Morgan fingerprint density at radius 3 is 2.74 bits per heavy atom. The van der Waals surface area contributed by atoms with Crippen molar-refractivity contribution in [2.24, 2.45) is 0 Å². The second-order valence-electron chi connectivity index (χ2n) is 4.28. The third kappa shape index (κ3) is 2.02. The summed E-state index contributed by atoms with van der Waals surface area (Å²) < 4.78 is 29.0. The van der Waals surface area contributed by atoms with Crippen LogP contribution in [-0.4, -0.2) is 14.6 Å². The fourth-order valence-electron chi connectivity index (χ4n) is 1.86. The second kappa shape index (κ2) is 4.38. The molecule has 98 valence electrons. The predicted octanol–water partition coefficient (Wildman–Crippen LogP) is 3.61. The van der Waals surface area contributed by atoms with Crippen molar-refractivity contribution in [3.63, 3.8) is 0 Å². The minimum atomic E-state index is -0.472. The van der Waals surface area contributed by atoms with Gasteiger partial charge >= 0.3 is 0 Å². The highest BCUT2D eigenvalue weighted by molar-refractivity contribution is 7.16. The highest BCUT2D eigenvalue weighted by Gasteiger charge is 2.14. The Labute approximate surface area is 112 Å². The first-order valence-corrected chi connectivity index (χ1v) is 6.71. The molecule has 6 heteroatoms. The molecule has 0 spiro atoms. The summed E-state index contributed by atoms with van der Waals surface area (Å²) in [6.45, 7) is 3.54. The molecule has 0 aliphatic rings. The zero-order chi connectivity index (χ0) is 13.6. The third-order valence-electron chi connectivity index (χ3n) is 2.91. The number of benzene rings is 1. The van der Waals surface area contributed by atoms with Gasteiger partial charge in [0.2, 0.25) is 4.96 Å². The van der Waals surface area contributed by atoms with Crippen molar-refractivity contribution in [1.82, 2.24) is 14.6 Å². The number of rotatable bonds is 2. The van der Waals surface area contributed by atoms with Crippen LogP contribution >= 0.6 is 11.3 Å². The molecule has 0 unspecified atom stereocenters. The van der Waals surface area contributed by atoms with Crippen LogP contribution in [0.15, 0.2) is 18.3 Å². The van der Waals surface area contributed by atoms with E-state index in [-0.39, 0.29) is 11.1 Å². The van der Waals surface area contributed by atoms with E-state index >= 15 is 0 Å². The number of aryl methyl sites for hydroxylation is 2. The maximum Gasteiger partial charge on any atom is 0.212 e. The molecule has 2 aromatic heterocycles. The molecular formula is C13H11F2N3S. The largest absolute Gasteiger partial charge is 0.217 e. The molecule has 3 aromatic rings. The molecule has 0 bridgehead atoms. The van der Waals surface area contributed by atoms with Gasteiger partial charge in [-0.15, -0.1) is 0 Å². The number of fused-ring (bicyclic) bond motifs is 1. The van der Waals surface area contributed by atoms with Gasteiger partial charge in [0.15, 0.2) is 0 Å². The molecule has 19 heavy (non-hydrogen) atoms. The highest BCUT2D eigenvalue weighted by atomic mass is 32.1. The van der Waals surface area contributed by atoms with Gasteiger partial charge in [-0.2, -0.15) is 5.10 Å². The lowest BCUT2D eigenvalue weighted by atomic mass is 10.1. The van der Waals surface area contributed by atoms with Crippen molar-refractivity contribution < 1.29 is 8.78 Å². The molecule has 0 radical (unpaired) electrons. The molecule has 0 amide bonds. The summed E-state index contributed by atoms with van der Waals surface area (Å²) in [7, 11) is 0. The number of nitrogens with zero attached hydrogens (tertiary/aromatic N) is 3. The molecule has 0 atom stereocenters. The molecule has 0 fully saturated rings. The normalized spacial score (nSPS) is 11.4. The summed E-state index contributed by atoms with van der Waals surface area (Å²) >= 11 is 1.45. The smallest absolute Gasteiger partial charge is 0.212 e. The summed E-state index contributed by atoms with van der Waals surface area (Å²) in [5.41, 5.74) is 0.852. The minimum absolute atomic E-state index is 0.166. The number of hydrogen-bond acceptors (Lipinski definition) is 3. The van der Waals surface area contributed by atoms with Crippen LogP contribution in [0.3, 0.4) is 0 Å². The standard InChI is InChI=1S/C13H11F2N3S/c1-3-12-17-18-6-11(16-13(18)19-12)8-5-9(14)7(2)4-10(8)15/h4-6H,3H2,1-2H3. The van der Waals surface area contributed by atoms with Crippen LogP contribution in [0.1, 0.15) is 17.5 Å². The lowest BCUT2D eigenvalue weighted by Crippen LogP contribution is -1.90. The van der Waals surface area contributed by atoms with E-state index in [4.69, 9.17) is 0 Å². The molecule has 2 heterocycles. The van der Waals surface area contributed by atoms with E-state index in [0.29, 0.717) is 10.7 Å². The molecule has 0 N–H and O–H groups in total. The maximum atomic E-state index is 13.9. The Morgan fingerprint density at radius 2 is 2.05 bits per heavy atom. The Bertz CT molecular complexity index is 729. The molecule has 0 saturated carbocycles. The Kier molecular flexibility index (Phi) is 2.82. The minimum Gasteiger partial charge on any atom is -0.217 e. The van der Waals surface area contributed by atoms with Crippen molar-refractivity contribution in [3.8, 4) is 11.3 Å². The summed E-state index contributed by atoms with van der Waals surface area (Å²) in [5, 5.41) is 5.27. The van der Waals surface area contributed by atoms with Crippen LogP contribution in [0.2, 0.25) is 0 Å². The van der Waals surface area contributed by atoms with Crippen LogP contribution < -0.4 is 0 Å². The molecule has 0 saturated heterocycles. The van der Waals surface area contributed by atoms with Gasteiger partial charge in [-0.3, -0.25) is 0 Å². The van der Waals surface area contributed by atoms with Crippen LogP contribution in [0.5, 0.6) is 0 Å². The predicted molar refractivity (Wildman–Crippen MR) is 70.3 cm³/mol. The maximum absolute atomic E-state index is 13.9. The molecule has 0 aliphatic heterocycles.